The molecule has 1 aliphatic rings. The third kappa shape index (κ3) is 6.32. The van der Waals surface area contributed by atoms with Gasteiger partial charge >= 0.3 is 6.09 Å². The fraction of sp³-hybridized carbons (Fsp3) is 0.292. The fourth-order valence-corrected chi connectivity index (χ4v) is 3.78. The van der Waals surface area contributed by atoms with E-state index in [0.29, 0.717) is 11.4 Å². The molecule has 3 rings (SSSR count). The molecule has 1 heterocycles. The van der Waals surface area contributed by atoms with Crippen LogP contribution in [-0.4, -0.2) is 23.3 Å². The van der Waals surface area contributed by atoms with Gasteiger partial charge in [0.25, 0.3) is 0 Å². The van der Waals surface area contributed by atoms with Gasteiger partial charge in [-0.2, -0.15) is 0 Å². The molecule has 2 aromatic carbocycles. The fourth-order valence-electron chi connectivity index (χ4n) is 2.90. The lowest BCUT2D eigenvalue weighted by Crippen LogP contribution is -2.36. The predicted molar refractivity (Wildman–Crippen MR) is 122 cm³/mol. The van der Waals surface area contributed by atoms with Crippen molar-refractivity contribution in [3.63, 3.8) is 0 Å². The molecule has 0 saturated heterocycles. The molecule has 0 radical (unpaired) electrons. The van der Waals surface area contributed by atoms with E-state index in [0.717, 1.165) is 21.9 Å². The molecule has 1 amide bonds. The topological polar surface area (TPSA) is 67.8 Å². The monoisotopic (exact) mass is 422 g/mol. The van der Waals surface area contributed by atoms with Crippen LogP contribution < -0.4 is 5.32 Å². The highest BCUT2D eigenvalue weighted by molar-refractivity contribution is 7.98. The zero-order valence-electron chi connectivity index (χ0n) is 17.7. The second-order valence-corrected chi connectivity index (χ2v) is 9.13. The van der Waals surface area contributed by atoms with Gasteiger partial charge in [-0.25, -0.2) is 9.79 Å². The largest absolute Gasteiger partial charge is 0.444 e. The van der Waals surface area contributed by atoms with Crippen molar-refractivity contribution in [2.45, 2.75) is 50.4 Å². The van der Waals surface area contributed by atoms with Crippen LogP contribution in [0.4, 0.5) is 10.5 Å². The van der Waals surface area contributed by atoms with E-state index in [1.54, 1.807) is 32.5 Å². The van der Waals surface area contributed by atoms with E-state index in [4.69, 9.17) is 4.74 Å². The molecule has 0 fully saturated rings. The van der Waals surface area contributed by atoms with Gasteiger partial charge in [0.2, 0.25) is 0 Å². The number of hydrogen-bond acceptors (Lipinski definition) is 5. The molecule has 0 unspecified atom stereocenters. The number of rotatable bonds is 4. The number of amides is 1. The number of thioether (sulfide) groups is 1. The van der Waals surface area contributed by atoms with Gasteiger partial charge in [-0.1, -0.05) is 36.4 Å². The van der Waals surface area contributed by atoms with Crippen LogP contribution in [0.5, 0.6) is 0 Å². The van der Waals surface area contributed by atoms with Gasteiger partial charge < -0.3 is 4.74 Å². The average molecular weight is 423 g/mol. The minimum atomic E-state index is -0.617. The second-order valence-electron chi connectivity index (χ2n) is 8.08. The van der Waals surface area contributed by atoms with Crippen molar-refractivity contribution in [3.8, 4) is 0 Å². The van der Waals surface area contributed by atoms with Gasteiger partial charge in [0.05, 0.1) is 5.69 Å². The number of nitrogens with one attached hydrogen (secondary N) is 1. The Kier molecular flexibility index (Phi) is 6.77. The number of benzene rings is 2. The number of hydrogen-bond donors (Lipinski definition) is 1. The molecule has 30 heavy (non-hydrogen) atoms. The number of aliphatic imine (C=N–C) groups is 1. The van der Waals surface area contributed by atoms with Crippen molar-refractivity contribution in [2.75, 3.05) is 0 Å². The Labute approximate surface area is 181 Å². The summed E-state index contributed by atoms with van der Waals surface area (Å²) in [6, 6.07) is 16.2. The van der Waals surface area contributed by atoms with E-state index in [2.05, 4.69) is 22.4 Å². The number of fused-ring (bicyclic) bond motifs is 1. The molecule has 0 aromatic heterocycles. The van der Waals surface area contributed by atoms with E-state index in [1.165, 1.54) is 12.5 Å². The van der Waals surface area contributed by atoms with E-state index in [1.807, 2.05) is 42.5 Å². The molecular weight excluding hydrogens is 396 g/mol. The van der Waals surface area contributed by atoms with Crippen LogP contribution in [0.3, 0.4) is 0 Å². The Hall–Kier alpha value is -2.86. The van der Waals surface area contributed by atoms with Gasteiger partial charge in [0.15, 0.2) is 5.78 Å². The summed E-state index contributed by atoms with van der Waals surface area (Å²) in [5.74, 6) is 1.19. The number of carbonyl (C=O) groups is 2. The highest BCUT2D eigenvalue weighted by atomic mass is 32.2. The number of Topliss-reactive ketones (excluding diaryl/α,β-unsaturated/α-hetero) is 1. The minimum absolute atomic E-state index is 0.0518. The Balaban J connectivity index is 1.85. The summed E-state index contributed by atoms with van der Waals surface area (Å²) in [6.07, 6.45) is 1.51. The SMILES string of the molecule is CC(=O)C1=Cc2ccc(SCc3ccccc3)cc2N=C(NC(=O)OC(C)(C)C)C1. The van der Waals surface area contributed by atoms with Gasteiger partial charge in [-0.15, -0.1) is 11.8 Å². The van der Waals surface area contributed by atoms with Crippen molar-refractivity contribution in [1.29, 1.82) is 0 Å². The first-order chi connectivity index (χ1) is 14.2. The maximum atomic E-state index is 12.2. The van der Waals surface area contributed by atoms with Crippen molar-refractivity contribution >= 4 is 41.2 Å². The van der Waals surface area contributed by atoms with Crippen molar-refractivity contribution in [2.24, 2.45) is 4.99 Å². The molecule has 0 aliphatic carbocycles. The summed E-state index contributed by atoms with van der Waals surface area (Å²) < 4.78 is 5.34. The molecule has 1 aliphatic heterocycles. The average Bonchev–Trinajstić information content (AvgIpc) is 2.84. The first-order valence-electron chi connectivity index (χ1n) is 9.79. The molecule has 5 nitrogen and oxygen atoms in total. The zero-order valence-corrected chi connectivity index (χ0v) is 18.5. The molecule has 156 valence electrons. The molecule has 6 heteroatoms. The van der Waals surface area contributed by atoms with Crippen molar-refractivity contribution in [1.82, 2.24) is 5.32 Å². The number of nitrogens with zero attached hydrogens (tertiary/aromatic N) is 1. The number of alkyl carbamates (subject to hydrolysis) is 1. The molecule has 0 saturated carbocycles. The van der Waals surface area contributed by atoms with Crippen LogP contribution in [0, 0.1) is 0 Å². The van der Waals surface area contributed by atoms with E-state index in [9.17, 15) is 9.59 Å². The summed E-state index contributed by atoms with van der Waals surface area (Å²) in [4.78, 5) is 30.0. The zero-order chi connectivity index (χ0) is 21.7. The summed E-state index contributed by atoms with van der Waals surface area (Å²) in [5, 5.41) is 2.71. The highest BCUT2D eigenvalue weighted by Gasteiger charge is 2.21. The van der Waals surface area contributed by atoms with E-state index >= 15 is 0 Å². The predicted octanol–water partition coefficient (Wildman–Crippen LogP) is 5.91. The van der Waals surface area contributed by atoms with Crippen LogP contribution >= 0.6 is 11.8 Å². The number of amidine groups is 1. The normalized spacial score (nSPS) is 13.5. The number of carbonyl (C=O) groups excluding carboxylic acids is 2. The molecule has 2 aromatic rings. The van der Waals surface area contributed by atoms with Gasteiger partial charge in [0.1, 0.15) is 11.4 Å². The highest BCUT2D eigenvalue weighted by Crippen LogP contribution is 2.32. The Morgan fingerprint density at radius 3 is 2.53 bits per heavy atom. The number of ether oxygens (including phenoxy) is 1. The van der Waals surface area contributed by atoms with Crippen LogP contribution in [0.2, 0.25) is 0 Å². The van der Waals surface area contributed by atoms with Crippen molar-refractivity contribution in [3.05, 3.63) is 65.2 Å². The minimum Gasteiger partial charge on any atom is -0.444 e. The summed E-state index contributed by atoms with van der Waals surface area (Å²) in [7, 11) is 0. The molecule has 0 spiro atoms. The smallest absolute Gasteiger partial charge is 0.413 e. The van der Waals surface area contributed by atoms with Crippen molar-refractivity contribution < 1.29 is 14.3 Å². The number of ketones is 1. The molecule has 1 N–H and O–H groups in total. The Bertz CT molecular complexity index is 1000. The van der Waals surface area contributed by atoms with Crippen LogP contribution in [-0.2, 0) is 15.3 Å². The van der Waals surface area contributed by atoms with Crippen LogP contribution in [0.15, 0.2) is 64.0 Å². The van der Waals surface area contributed by atoms with Crippen LogP contribution in [0.1, 0.15) is 45.2 Å². The maximum Gasteiger partial charge on any atom is 0.413 e. The Morgan fingerprint density at radius 1 is 1.13 bits per heavy atom. The van der Waals surface area contributed by atoms with Gasteiger partial charge in [-0.05, 0) is 51.5 Å². The van der Waals surface area contributed by atoms with E-state index < -0.39 is 11.7 Å². The van der Waals surface area contributed by atoms with Crippen LogP contribution in [0.25, 0.3) is 6.08 Å². The second kappa shape index (κ2) is 9.30. The third-order valence-corrected chi connectivity index (χ3v) is 5.36. The van der Waals surface area contributed by atoms with Gasteiger partial charge in [-0.3, -0.25) is 10.1 Å². The lowest BCUT2D eigenvalue weighted by atomic mass is 10.0. The van der Waals surface area contributed by atoms with E-state index in [-0.39, 0.29) is 12.2 Å². The first-order valence-corrected chi connectivity index (χ1v) is 10.8. The maximum absolute atomic E-state index is 12.2. The molecule has 0 atom stereocenters. The standard InChI is InChI=1S/C24H26N2O3S/c1-16(27)19-12-18-10-11-20(30-15-17-8-6-5-7-9-17)14-21(18)25-22(13-19)26-23(28)29-24(2,3)4/h5-12,14H,13,15H2,1-4H3,(H,25,26,28). The molecule has 0 bridgehead atoms. The Morgan fingerprint density at radius 2 is 1.87 bits per heavy atom. The third-order valence-electron chi connectivity index (χ3n) is 4.29. The quantitative estimate of drug-likeness (QED) is 0.622. The molecular formula is C24H26N2O3S. The summed E-state index contributed by atoms with van der Waals surface area (Å²) in [5.41, 5.74) is 2.79. The lowest BCUT2D eigenvalue weighted by Gasteiger charge is -2.20. The first kappa shape index (κ1) is 21.8. The van der Waals surface area contributed by atoms with Gasteiger partial charge in [0, 0.05) is 28.2 Å². The summed E-state index contributed by atoms with van der Waals surface area (Å²) in [6.45, 7) is 6.92. The lowest BCUT2D eigenvalue weighted by molar-refractivity contribution is -0.113. The summed E-state index contributed by atoms with van der Waals surface area (Å²) >= 11 is 1.71.